The Morgan fingerprint density at radius 2 is 2.18 bits per heavy atom. The van der Waals surface area contributed by atoms with Crippen LogP contribution in [0.15, 0.2) is 40.6 Å². The minimum Gasteiger partial charge on any atom is -0.323 e. The highest BCUT2D eigenvalue weighted by Crippen LogP contribution is 2.20. The Morgan fingerprint density at radius 1 is 1.41 bits per heavy atom. The molecule has 0 saturated carbocycles. The molecule has 0 aliphatic carbocycles. The molecule has 1 aromatic carbocycles. The second-order valence-electron chi connectivity index (χ2n) is 3.32. The lowest BCUT2D eigenvalue weighted by Gasteiger charge is -2.06. The predicted octanol–water partition coefficient (Wildman–Crippen LogP) is 2.20. The summed E-state index contributed by atoms with van der Waals surface area (Å²) < 4.78 is 1.34. The van der Waals surface area contributed by atoms with Crippen LogP contribution in [0.25, 0.3) is 0 Å². The van der Waals surface area contributed by atoms with Crippen LogP contribution in [-0.4, -0.2) is 10.5 Å². The Kier molecular flexibility index (Phi) is 3.61. The molecule has 0 saturated heterocycles. The van der Waals surface area contributed by atoms with E-state index in [1.54, 1.807) is 35.8 Å². The van der Waals surface area contributed by atoms with Crippen LogP contribution in [0.2, 0.25) is 5.02 Å². The lowest BCUT2D eigenvalue weighted by Crippen LogP contribution is -2.23. The summed E-state index contributed by atoms with van der Waals surface area (Å²) in [5, 5.41) is 4.76. The lowest BCUT2D eigenvalue weighted by molar-refractivity contribution is -0.116. The van der Waals surface area contributed by atoms with Gasteiger partial charge in [-0.3, -0.25) is 14.2 Å². The van der Waals surface area contributed by atoms with Crippen LogP contribution < -0.4 is 10.2 Å². The van der Waals surface area contributed by atoms with Crippen molar-refractivity contribution in [3.8, 4) is 0 Å². The molecular formula is C11H9ClN2O2S. The van der Waals surface area contributed by atoms with E-state index in [0.717, 1.165) is 11.3 Å². The average Bonchev–Trinajstić information content (AvgIpc) is 2.68. The zero-order valence-corrected chi connectivity index (χ0v) is 10.3. The van der Waals surface area contributed by atoms with Crippen LogP contribution in [0.3, 0.4) is 0 Å². The van der Waals surface area contributed by atoms with Crippen LogP contribution in [-0.2, 0) is 11.3 Å². The maximum Gasteiger partial charge on any atom is 0.307 e. The number of amides is 1. The van der Waals surface area contributed by atoms with Crippen LogP contribution in [0, 0.1) is 0 Å². The summed E-state index contributed by atoms with van der Waals surface area (Å²) in [5.41, 5.74) is 0.544. The van der Waals surface area contributed by atoms with Gasteiger partial charge in [-0.05, 0) is 12.1 Å². The fourth-order valence-electron chi connectivity index (χ4n) is 1.31. The maximum absolute atomic E-state index is 11.7. The number of nitrogens with zero attached hydrogens (tertiary/aromatic N) is 1. The van der Waals surface area contributed by atoms with Crippen molar-refractivity contribution in [3.63, 3.8) is 0 Å². The summed E-state index contributed by atoms with van der Waals surface area (Å²) in [6.07, 6.45) is 1.58. The quantitative estimate of drug-likeness (QED) is 0.928. The third-order valence-corrected chi connectivity index (χ3v) is 3.13. The molecule has 0 bridgehead atoms. The molecule has 1 N–H and O–H groups in total. The Hall–Kier alpha value is -1.59. The molecule has 0 fully saturated rings. The van der Waals surface area contributed by atoms with Gasteiger partial charge in [-0.25, -0.2) is 0 Å². The molecule has 88 valence electrons. The Balaban J connectivity index is 2.06. The van der Waals surface area contributed by atoms with Crippen LogP contribution in [0.5, 0.6) is 0 Å². The zero-order chi connectivity index (χ0) is 12.3. The van der Waals surface area contributed by atoms with Gasteiger partial charge in [0.15, 0.2) is 0 Å². The Bertz CT molecular complexity index is 591. The number of thiazole rings is 1. The molecule has 0 unspecified atom stereocenters. The number of hydrogen-bond donors (Lipinski definition) is 1. The van der Waals surface area contributed by atoms with E-state index in [2.05, 4.69) is 5.32 Å². The first kappa shape index (κ1) is 11.9. The normalized spacial score (nSPS) is 10.2. The van der Waals surface area contributed by atoms with Gasteiger partial charge in [-0.15, -0.1) is 0 Å². The van der Waals surface area contributed by atoms with Gasteiger partial charge in [0.1, 0.15) is 6.54 Å². The molecule has 0 radical (unpaired) electrons. The van der Waals surface area contributed by atoms with Gasteiger partial charge in [0.25, 0.3) is 0 Å². The number of halogens is 1. The van der Waals surface area contributed by atoms with E-state index in [4.69, 9.17) is 11.6 Å². The molecule has 0 aliphatic rings. The van der Waals surface area contributed by atoms with Crippen molar-refractivity contribution in [2.24, 2.45) is 0 Å². The second kappa shape index (κ2) is 5.16. The molecule has 1 amide bonds. The minimum absolute atomic E-state index is 0.00639. The van der Waals surface area contributed by atoms with Crippen molar-refractivity contribution < 1.29 is 4.79 Å². The van der Waals surface area contributed by atoms with Crippen LogP contribution in [0.1, 0.15) is 0 Å². The molecule has 2 rings (SSSR count). The average molecular weight is 269 g/mol. The van der Waals surface area contributed by atoms with E-state index in [-0.39, 0.29) is 17.3 Å². The van der Waals surface area contributed by atoms with Crippen molar-refractivity contribution in [2.45, 2.75) is 6.54 Å². The summed E-state index contributed by atoms with van der Waals surface area (Å²) in [7, 11) is 0. The summed E-state index contributed by atoms with van der Waals surface area (Å²) >= 11 is 6.96. The fourth-order valence-corrected chi connectivity index (χ4v) is 2.08. The molecular weight excluding hydrogens is 260 g/mol. The zero-order valence-electron chi connectivity index (χ0n) is 8.72. The molecule has 6 heteroatoms. The van der Waals surface area contributed by atoms with Crippen molar-refractivity contribution in [1.29, 1.82) is 0 Å². The van der Waals surface area contributed by atoms with Gasteiger partial charge < -0.3 is 5.32 Å². The largest absolute Gasteiger partial charge is 0.323 e. The second-order valence-corrected chi connectivity index (χ2v) is 4.59. The van der Waals surface area contributed by atoms with E-state index < -0.39 is 0 Å². The molecule has 17 heavy (non-hydrogen) atoms. The summed E-state index contributed by atoms with van der Waals surface area (Å²) in [5.74, 6) is -0.279. The first-order chi connectivity index (χ1) is 8.16. The van der Waals surface area contributed by atoms with Gasteiger partial charge in [-0.2, -0.15) is 0 Å². The fraction of sp³-hybridized carbons (Fsp3) is 0.0909. The SMILES string of the molecule is O=C(Cn1ccsc1=O)Nc1ccccc1Cl. The number of aromatic nitrogens is 1. The number of anilines is 1. The summed E-state index contributed by atoms with van der Waals surface area (Å²) in [4.78, 5) is 22.8. The highest BCUT2D eigenvalue weighted by atomic mass is 35.5. The standard InChI is InChI=1S/C11H9ClN2O2S/c12-8-3-1-2-4-9(8)13-10(15)7-14-5-6-17-11(14)16/h1-6H,7H2,(H,13,15). The highest BCUT2D eigenvalue weighted by molar-refractivity contribution is 7.07. The minimum atomic E-state index is -0.279. The number of carbonyl (C=O) groups excluding carboxylic acids is 1. The van der Waals surface area contributed by atoms with Gasteiger partial charge in [0.2, 0.25) is 5.91 Å². The van der Waals surface area contributed by atoms with Gasteiger partial charge in [-0.1, -0.05) is 35.1 Å². The smallest absolute Gasteiger partial charge is 0.307 e. The molecule has 0 aliphatic heterocycles. The topological polar surface area (TPSA) is 51.1 Å². The van der Waals surface area contributed by atoms with E-state index in [9.17, 15) is 9.59 Å². The van der Waals surface area contributed by atoms with E-state index in [1.165, 1.54) is 4.57 Å². The maximum atomic E-state index is 11.7. The number of rotatable bonds is 3. The first-order valence-electron chi connectivity index (χ1n) is 4.85. The third kappa shape index (κ3) is 2.95. The summed E-state index contributed by atoms with van der Waals surface area (Å²) in [6, 6.07) is 6.95. The number of carbonyl (C=O) groups is 1. The molecule has 1 heterocycles. The number of nitrogens with one attached hydrogen (secondary N) is 1. The molecule has 4 nitrogen and oxygen atoms in total. The van der Waals surface area contributed by atoms with Gasteiger partial charge in [0, 0.05) is 11.6 Å². The van der Waals surface area contributed by atoms with Crippen molar-refractivity contribution >= 4 is 34.5 Å². The van der Waals surface area contributed by atoms with E-state index in [0.29, 0.717) is 10.7 Å². The van der Waals surface area contributed by atoms with Crippen LogP contribution >= 0.6 is 22.9 Å². The summed E-state index contributed by atoms with van der Waals surface area (Å²) in [6.45, 7) is -0.00639. The van der Waals surface area contributed by atoms with Crippen molar-refractivity contribution in [1.82, 2.24) is 4.57 Å². The number of hydrogen-bond acceptors (Lipinski definition) is 3. The van der Waals surface area contributed by atoms with Crippen molar-refractivity contribution in [2.75, 3.05) is 5.32 Å². The van der Waals surface area contributed by atoms with Gasteiger partial charge >= 0.3 is 4.87 Å². The predicted molar refractivity (Wildman–Crippen MR) is 68.7 cm³/mol. The Labute approximate surface area is 106 Å². The molecule has 1 aromatic heterocycles. The number of benzene rings is 1. The molecule has 0 spiro atoms. The van der Waals surface area contributed by atoms with Crippen LogP contribution in [0.4, 0.5) is 5.69 Å². The van der Waals surface area contributed by atoms with Gasteiger partial charge in [0.05, 0.1) is 10.7 Å². The lowest BCUT2D eigenvalue weighted by atomic mass is 10.3. The number of para-hydroxylation sites is 1. The van der Waals surface area contributed by atoms with E-state index in [1.807, 2.05) is 0 Å². The molecule has 0 atom stereocenters. The van der Waals surface area contributed by atoms with Crippen molar-refractivity contribution in [3.05, 3.63) is 50.5 Å². The monoisotopic (exact) mass is 268 g/mol. The third-order valence-electron chi connectivity index (χ3n) is 2.11. The molecule has 2 aromatic rings. The highest BCUT2D eigenvalue weighted by Gasteiger charge is 2.07. The van der Waals surface area contributed by atoms with E-state index >= 15 is 0 Å². The first-order valence-corrected chi connectivity index (χ1v) is 6.11. The Morgan fingerprint density at radius 3 is 2.82 bits per heavy atom.